The van der Waals surface area contributed by atoms with E-state index in [2.05, 4.69) is 5.32 Å². The molecule has 2 aromatic carbocycles. The zero-order valence-corrected chi connectivity index (χ0v) is 18.3. The number of rotatable bonds is 10. The van der Waals surface area contributed by atoms with Crippen molar-refractivity contribution in [2.45, 2.75) is 45.9 Å². The standard InChI is InChI=1S/C25H29FN2O3/c1-4-18(2)27-25(29)24-12-11-23(31-24)17-28(15-19-7-5-9-21(26)13-19)16-20-8-6-10-22(14-20)30-3/h5-14,18H,4,15-17H2,1-3H3,(H,27,29)/p+1/t18-/m1/s1. The van der Waals surface area contributed by atoms with Gasteiger partial charge in [0.2, 0.25) is 0 Å². The summed E-state index contributed by atoms with van der Waals surface area (Å²) in [5.41, 5.74) is 2.01. The van der Waals surface area contributed by atoms with Crippen LogP contribution in [0.4, 0.5) is 4.39 Å². The van der Waals surface area contributed by atoms with Gasteiger partial charge < -0.3 is 19.4 Å². The Morgan fingerprint density at radius 1 is 1.06 bits per heavy atom. The minimum Gasteiger partial charge on any atom is -0.497 e. The predicted octanol–water partition coefficient (Wildman–Crippen LogP) is 3.74. The molecule has 0 spiro atoms. The van der Waals surface area contributed by atoms with Crippen LogP contribution in [0.15, 0.2) is 65.1 Å². The third kappa shape index (κ3) is 6.69. The molecule has 164 valence electrons. The zero-order chi connectivity index (χ0) is 22.2. The number of carbonyl (C=O) groups excluding carboxylic acids is 1. The number of ether oxygens (including phenoxy) is 1. The largest absolute Gasteiger partial charge is 0.497 e. The summed E-state index contributed by atoms with van der Waals surface area (Å²) in [7, 11) is 1.64. The molecule has 0 radical (unpaired) electrons. The van der Waals surface area contributed by atoms with Crippen LogP contribution in [0.2, 0.25) is 0 Å². The number of furan rings is 1. The van der Waals surface area contributed by atoms with E-state index in [9.17, 15) is 9.18 Å². The summed E-state index contributed by atoms with van der Waals surface area (Å²) in [5.74, 6) is 1.36. The molecule has 1 unspecified atom stereocenters. The first-order valence-corrected chi connectivity index (χ1v) is 10.6. The lowest BCUT2D eigenvalue weighted by atomic mass is 10.1. The van der Waals surface area contributed by atoms with Crippen LogP contribution in [0.3, 0.4) is 0 Å². The Labute approximate surface area is 182 Å². The van der Waals surface area contributed by atoms with E-state index in [-0.39, 0.29) is 17.8 Å². The number of carbonyl (C=O) groups is 1. The van der Waals surface area contributed by atoms with Crippen LogP contribution in [-0.2, 0) is 19.6 Å². The van der Waals surface area contributed by atoms with Crippen LogP contribution in [0.5, 0.6) is 5.75 Å². The molecular formula is C25H30FN2O3+. The first-order chi connectivity index (χ1) is 15.0. The lowest BCUT2D eigenvalue weighted by molar-refractivity contribution is -0.942. The zero-order valence-electron chi connectivity index (χ0n) is 18.3. The lowest BCUT2D eigenvalue weighted by Crippen LogP contribution is -3.08. The Balaban J connectivity index is 1.76. The topological polar surface area (TPSA) is 55.9 Å². The lowest BCUT2D eigenvalue weighted by Gasteiger charge is -2.19. The smallest absolute Gasteiger partial charge is 0.287 e. The van der Waals surface area contributed by atoms with Gasteiger partial charge in [-0.05, 0) is 49.7 Å². The molecule has 0 saturated heterocycles. The van der Waals surface area contributed by atoms with E-state index in [1.54, 1.807) is 25.3 Å². The second-order valence-electron chi connectivity index (χ2n) is 7.81. The number of amides is 1. The first-order valence-electron chi connectivity index (χ1n) is 10.6. The molecule has 0 bridgehead atoms. The molecule has 1 aromatic heterocycles. The van der Waals surface area contributed by atoms with Crippen molar-refractivity contribution in [3.63, 3.8) is 0 Å². The number of halogens is 1. The van der Waals surface area contributed by atoms with Gasteiger partial charge in [-0.15, -0.1) is 0 Å². The van der Waals surface area contributed by atoms with E-state index in [1.165, 1.54) is 6.07 Å². The average molecular weight is 426 g/mol. The van der Waals surface area contributed by atoms with Crippen molar-refractivity contribution in [3.8, 4) is 5.75 Å². The summed E-state index contributed by atoms with van der Waals surface area (Å²) in [5, 5.41) is 2.92. The van der Waals surface area contributed by atoms with Crippen LogP contribution in [0.25, 0.3) is 0 Å². The fourth-order valence-corrected chi connectivity index (χ4v) is 3.43. The third-order valence-corrected chi connectivity index (χ3v) is 5.23. The SMILES string of the molecule is CC[C@@H](C)NC(=O)c1ccc(C[NH+](Cc2cccc(F)c2)Cc2cccc(OC)c2)o1. The maximum atomic E-state index is 13.7. The third-order valence-electron chi connectivity index (χ3n) is 5.23. The van der Waals surface area contributed by atoms with Gasteiger partial charge in [-0.25, -0.2) is 4.39 Å². The summed E-state index contributed by atoms with van der Waals surface area (Å²) >= 11 is 0. The molecule has 3 rings (SSSR count). The van der Waals surface area contributed by atoms with Gasteiger partial charge in [0, 0.05) is 17.2 Å². The molecule has 0 aliphatic heterocycles. The Hall–Kier alpha value is -3.12. The van der Waals surface area contributed by atoms with Crippen LogP contribution in [0, 0.1) is 5.82 Å². The molecule has 5 nitrogen and oxygen atoms in total. The highest BCUT2D eigenvalue weighted by molar-refractivity contribution is 5.91. The van der Waals surface area contributed by atoms with Crippen molar-refractivity contribution in [3.05, 3.63) is 89.1 Å². The Kier molecular flexibility index (Phi) is 7.84. The molecule has 0 aliphatic rings. The molecular weight excluding hydrogens is 395 g/mol. The number of quaternary nitrogens is 1. The van der Waals surface area contributed by atoms with E-state index >= 15 is 0 Å². The summed E-state index contributed by atoms with van der Waals surface area (Å²) < 4.78 is 24.9. The van der Waals surface area contributed by atoms with Gasteiger partial charge in [-0.3, -0.25) is 4.79 Å². The Morgan fingerprint density at radius 3 is 2.45 bits per heavy atom. The van der Waals surface area contributed by atoms with Crippen LogP contribution in [0.1, 0.15) is 47.7 Å². The number of benzene rings is 2. The number of hydrogen-bond donors (Lipinski definition) is 2. The molecule has 0 fully saturated rings. The van der Waals surface area contributed by atoms with Crippen LogP contribution in [-0.4, -0.2) is 19.1 Å². The average Bonchev–Trinajstić information content (AvgIpc) is 3.22. The molecule has 6 heteroatoms. The summed E-state index contributed by atoms with van der Waals surface area (Å²) in [6.07, 6.45) is 0.853. The van der Waals surface area contributed by atoms with Gasteiger partial charge in [0.05, 0.1) is 7.11 Å². The number of hydrogen-bond acceptors (Lipinski definition) is 3. The summed E-state index contributed by atoms with van der Waals surface area (Å²) in [6, 6.07) is 18.2. The van der Waals surface area contributed by atoms with Crippen LogP contribution < -0.4 is 15.0 Å². The highest BCUT2D eigenvalue weighted by atomic mass is 19.1. The quantitative estimate of drug-likeness (QED) is 0.520. The highest BCUT2D eigenvalue weighted by Crippen LogP contribution is 2.13. The first kappa shape index (κ1) is 22.6. The molecule has 1 heterocycles. The number of nitrogens with one attached hydrogen (secondary N) is 2. The maximum Gasteiger partial charge on any atom is 0.287 e. The summed E-state index contributed by atoms with van der Waals surface area (Å²) in [4.78, 5) is 13.5. The Morgan fingerprint density at radius 2 is 1.77 bits per heavy atom. The summed E-state index contributed by atoms with van der Waals surface area (Å²) in [6.45, 7) is 5.85. The van der Waals surface area contributed by atoms with Crippen molar-refractivity contribution >= 4 is 5.91 Å². The van der Waals surface area contributed by atoms with E-state index in [4.69, 9.17) is 9.15 Å². The van der Waals surface area contributed by atoms with Crippen molar-refractivity contribution in [2.24, 2.45) is 0 Å². The van der Waals surface area contributed by atoms with Gasteiger partial charge >= 0.3 is 0 Å². The molecule has 3 aromatic rings. The van der Waals surface area contributed by atoms with Gasteiger partial charge in [0.1, 0.15) is 31.2 Å². The Bertz CT molecular complexity index is 1000. The van der Waals surface area contributed by atoms with Gasteiger partial charge in [0.25, 0.3) is 5.91 Å². The predicted molar refractivity (Wildman–Crippen MR) is 117 cm³/mol. The van der Waals surface area contributed by atoms with Gasteiger partial charge in [-0.1, -0.05) is 31.2 Å². The maximum absolute atomic E-state index is 13.7. The molecule has 0 aliphatic carbocycles. The van der Waals surface area contributed by atoms with Crippen molar-refractivity contribution < 1.29 is 23.2 Å². The molecule has 31 heavy (non-hydrogen) atoms. The fraction of sp³-hybridized carbons (Fsp3) is 0.320. The minimum atomic E-state index is -0.250. The number of methoxy groups -OCH3 is 1. The second kappa shape index (κ2) is 10.8. The molecule has 0 saturated carbocycles. The fourth-order valence-electron chi connectivity index (χ4n) is 3.43. The molecule has 2 N–H and O–H groups in total. The minimum absolute atomic E-state index is 0.0872. The van der Waals surface area contributed by atoms with Crippen molar-refractivity contribution in [1.29, 1.82) is 0 Å². The van der Waals surface area contributed by atoms with Crippen LogP contribution >= 0.6 is 0 Å². The normalized spacial score (nSPS) is 12.9. The molecule has 1 amide bonds. The van der Waals surface area contributed by atoms with E-state index < -0.39 is 0 Å². The van der Waals surface area contributed by atoms with E-state index in [0.29, 0.717) is 31.2 Å². The monoisotopic (exact) mass is 425 g/mol. The molecule has 2 atom stereocenters. The second-order valence-corrected chi connectivity index (χ2v) is 7.81. The van der Waals surface area contributed by atoms with Crippen molar-refractivity contribution in [1.82, 2.24) is 5.32 Å². The van der Waals surface area contributed by atoms with Gasteiger partial charge in [0.15, 0.2) is 11.5 Å². The highest BCUT2D eigenvalue weighted by Gasteiger charge is 2.18. The van der Waals surface area contributed by atoms with Crippen molar-refractivity contribution in [2.75, 3.05) is 7.11 Å². The van der Waals surface area contributed by atoms with Gasteiger partial charge in [-0.2, -0.15) is 0 Å². The van der Waals surface area contributed by atoms with E-state index in [1.807, 2.05) is 50.2 Å². The van der Waals surface area contributed by atoms with E-state index in [0.717, 1.165) is 28.2 Å².